The SMILES string of the molecule is CCc1ccc(OCC(=O)NNC(=S)NC(=O)C(C)C)cc1. The highest BCUT2D eigenvalue weighted by Gasteiger charge is 2.09. The van der Waals surface area contributed by atoms with Gasteiger partial charge in [0.1, 0.15) is 5.75 Å². The van der Waals surface area contributed by atoms with Crippen LogP contribution in [0.4, 0.5) is 0 Å². The molecule has 7 heteroatoms. The summed E-state index contributed by atoms with van der Waals surface area (Å²) in [7, 11) is 0. The number of thiocarbonyl (C=S) groups is 1. The summed E-state index contributed by atoms with van der Waals surface area (Å²) in [6, 6.07) is 7.52. The first-order valence-electron chi connectivity index (χ1n) is 7.03. The Morgan fingerprint density at radius 1 is 1.18 bits per heavy atom. The number of carbonyl (C=O) groups excluding carboxylic acids is 2. The Kier molecular flexibility index (Phi) is 7.31. The number of carbonyl (C=O) groups is 2. The van der Waals surface area contributed by atoms with E-state index < -0.39 is 5.91 Å². The van der Waals surface area contributed by atoms with E-state index >= 15 is 0 Å². The van der Waals surface area contributed by atoms with Crippen LogP contribution in [-0.2, 0) is 16.0 Å². The molecule has 1 aromatic carbocycles. The van der Waals surface area contributed by atoms with Crippen LogP contribution in [0, 0.1) is 5.92 Å². The lowest BCUT2D eigenvalue weighted by Crippen LogP contribution is -2.50. The maximum atomic E-state index is 11.6. The average molecular weight is 323 g/mol. The van der Waals surface area contributed by atoms with Crippen LogP contribution in [0.25, 0.3) is 0 Å². The third kappa shape index (κ3) is 6.53. The van der Waals surface area contributed by atoms with Gasteiger partial charge in [-0.3, -0.25) is 20.4 Å². The molecule has 0 atom stereocenters. The number of hydrazine groups is 1. The van der Waals surface area contributed by atoms with Crippen molar-refractivity contribution in [1.29, 1.82) is 0 Å². The van der Waals surface area contributed by atoms with Gasteiger partial charge in [0.05, 0.1) is 0 Å². The Hall–Kier alpha value is -2.15. The van der Waals surface area contributed by atoms with Crippen LogP contribution in [0.5, 0.6) is 5.75 Å². The number of hydrogen-bond acceptors (Lipinski definition) is 4. The maximum Gasteiger partial charge on any atom is 0.276 e. The zero-order chi connectivity index (χ0) is 16.5. The second-order valence-electron chi connectivity index (χ2n) is 4.93. The monoisotopic (exact) mass is 323 g/mol. The van der Waals surface area contributed by atoms with Crippen molar-refractivity contribution in [3.63, 3.8) is 0 Å². The molecule has 22 heavy (non-hydrogen) atoms. The average Bonchev–Trinajstić information content (AvgIpc) is 2.51. The molecule has 0 saturated heterocycles. The van der Waals surface area contributed by atoms with Crippen molar-refractivity contribution < 1.29 is 14.3 Å². The van der Waals surface area contributed by atoms with Crippen LogP contribution in [0.1, 0.15) is 26.3 Å². The lowest BCUT2D eigenvalue weighted by atomic mass is 10.2. The highest BCUT2D eigenvalue weighted by molar-refractivity contribution is 7.80. The van der Waals surface area contributed by atoms with Crippen LogP contribution in [0.15, 0.2) is 24.3 Å². The van der Waals surface area contributed by atoms with Crippen molar-refractivity contribution in [1.82, 2.24) is 16.2 Å². The molecule has 1 aromatic rings. The summed E-state index contributed by atoms with van der Waals surface area (Å²) in [6.45, 7) is 5.40. The second-order valence-corrected chi connectivity index (χ2v) is 5.34. The summed E-state index contributed by atoms with van der Waals surface area (Å²) < 4.78 is 5.34. The third-order valence-electron chi connectivity index (χ3n) is 2.78. The molecule has 2 amide bonds. The summed E-state index contributed by atoms with van der Waals surface area (Å²) in [5.74, 6) is -0.201. The fourth-order valence-electron chi connectivity index (χ4n) is 1.42. The summed E-state index contributed by atoms with van der Waals surface area (Å²) in [4.78, 5) is 23.0. The summed E-state index contributed by atoms with van der Waals surface area (Å²) in [5.41, 5.74) is 5.99. The van der Waals surface area contributed by atoms with Gasteiger partial charge in [-0.25, -0.2) is 0 Å². The van der Waals surface area contributed by atoms with Gasteiger partial charge in [0.15, 0.2) is 11.7 Å². The fraction of sp³-hybridized carbons (Fsp3) is 0.400. The van der Waals surface area contributed by atoms with E-state index in [1.54, 1.807) is 13.8 Å². The molecule has 0 aliphatic heterocycles. The van der Waals surface area contributed by atoms with Crippen molar-refractivity contribution in [2.24, 2.45) is 5.92 Å². The predicted molar refractivity (Wildman–Crippen MR) is 88.2 cm³/mol. The minimum atomic E-state index is -0.402. The highest BCUT2D eigenvalue weighted by atomic mass is 32.1. The van der Waals surface area contributed by atoms with E-state index in [0.29, 0.717) is 5.75 Å². The predicted octanol–water partition coefficient (Wildman–Crippen LogP) is 1.31. The summed E-state index contributed by atoms with van der Waals surface area (Å²) in [6.07, 6.45) is 0.949. The Labute approximate surface area is 135 Å². The number of ether oxygens (including phenoxy) is 1. The van der Waals surface area contributed by atoms with Crippen molar-refractivity contribution >= 4 is 29.1 Å². The first-order valence-corrected chi connectivity index (χ1v) is 7.44. The van der Waals surface area contributed by atoms with Gasteiger partial charge in [0.25, 0.3) is 5.91 Å². The first kappa shape index (κ1) is 17.9. The molecule has 3 N–H and O–H groups in total. The minimum absolute atomic E-state index is 0.0411. The van der Waals surface area contributed by atoms with Crippen LogP contribution in [0.2, 0.25) is 0 Å². The van der Waals surface area contributed by atoms with E-state index in [1.165, 1.54) is 5.56 Å². The largest absolute Gasteiger partial charge is 0.484 e. The zero-order valence-corrected chi connectivity index (χ0v) is 13.8. The van der Waals surface area contributed by atoms with Gasteiger partial charge < -0.3 is 10.1 Å². The minimum Gasteiger partial charge on any atom is -0.484 e. The fourth-order valence-corrected chi connectivity index (χ4v) is 1.57. The highest BCUT2D eigenvalue weighted by Crippen LogP contribution is 2.12. The van der Waals surface area contributed by atoms with Crippen LogP contribution in [0.3, 0.4) is 0 Å². The second kappa shape index (κ2) is 8.99. The summed E-state index contributed by atoms with van der Waals surface area (Å²) in [5, 5.41) is 2.49. The molecule has 1 rings (SSSR count). The van der Waals surface area contributed by atoms with Gasteiger partial charge in [0, 0.05) is 5.92 Å². The zero-order valence-electron chi connectivity index (χ0n) is 12.9. The number of amides is 2. The molecule has 0 spiro atoms. The topological polar surface area (TPSA) is 79.5 Å². The number of hydrogen-bond donors (Lipinski definition) is 3. The third-order valence-corrected chi connectivity index (χ3v) is 2.98. The molecule has 0 saturated carbocycles. The molecule has 0 aliphatic carbocycles. The van der Waals surface area contributed by atoms with Crippen molar-refractivity contribution in [3.8, 4) is 5.75 Å². The van der Waals surface area contributed by atoms with Gasteiger partial charge in [-0.05, 0) is 36.3 Å². The normalized spacial score (nSPS) is 10.0. The molecule has 0 aromatic heterocycles. The van der Waals surface area contributed by atoms with Gasteiger partial charge in [0.2, 0.25) is 5.91 Å². The quantitative estimate of drug-likeness (QED) is 0.562. The van der Waals surface area contributed by atoms with Crippen molar-refractivity contribution in [2.75, 3.05) is 6.61 Å². The Morgan fingerprint density at radius 3 is 2.36 bits per heavy atom. The number of nitrogens with one attached hydrogen (secondary N) is 3. The first-order chi connectivity index (χ1) is 10.4. The number of rotatable bonds is 5. The lowest BCUT2D eigenvalue weighted by Gasteiger charge is -2.12. The lowest BCUT2D eigenvalue weighted by molar-refractivity contribution is -0.124. The Balaban J connectivity index is 2.28. The maximum absolute atomic E-state index is 11.6. The van der Waals surface area contributed by atoms with Crippen LogP contribution < -0.4 is 20.9 Å². The number of benzene rings is 1. The Morgan fingerprint density at radius 2 is 1.82 bits per heavy atom. The molecule has 0 fully saturated rings. The van der Waals surface area contributed by atoms with Gasteiger partial charge in [-0.15, -0.1) is 0 Å². The van der Waals surface area contributed by atoms with Crippen LogP contribution >= 0.6 is 12.2 Å². The van der Waals surface area contributed by atoms with E-state index in [0.717, 1.165) is 6.42 Å². The standard InChI is InChI=1S/C15H21N3O3S/c1-4-11-5-7-12(8-6-11)21-9-13(19)17-18-15(22)16-14(20)10(2)3/h5-8,10H,4,9H2,1-3H3,(H,17,19)(H2,16,18,20,22). The van der Waals surface area contributed by atoms with Crippen LogP contribution in [-0.4, -0.2) is 23.5 Å². The Bertz CT molecular complexity index is 529. The smallest absolute Gasteiger partial charge is 0.276 e. The molecular formula is C15H21N3O3S. The van der Waals surface area contributed by atoms with E-state index in [9.17, 15) is 9.59 Å². The molecule has 0 heterocycles. The molecular weight excluding hydrogens is 302 g/mol. The van der Waals surface area contributed by atoms with E-state index in [2.05, 4.69) is 23.1 Å². The van der Waals surface area contributed by atoms with Gasteiger partial charge in [-0.1, -0.05) is 32.9 Å². The molecule has 0 bridgehead atoms. The number of aryl methyl sites for hydroxylation is 1. The molecule has 0 aliphatic rings. The van der Waals surface area contributed by atoms with E-state index in [-0.39, 0.29) is 23.5 Å². The van der Waals surface area contributed by atoms with Gasteiger partial charge >= 0.3 is 0 Å². The van der Waals surface area contributed by atoms with E-state index in [1.807, 2.05) is 24.3 Å². The summed E-state index contributed by atoms with van der Waals surface area (Å²) >= 11 is 4.87. The molecule has 6 nitrogen and oxygen atoms in total. The molecule has 0 radical (unpaired) electrons. The van der Waals surface area contributed by atoms with Crippen molar-refractivity contribution in [2.45, 2.75) is 27.2 Å². The van der Waals surface area contributed by atoms with Gasteiger partial charge in [-0.2, -0.15) is 0 Å². The molecule has 0 unspecified atom stereocenters. The van der Waals surface area contributed by atoms with Crippen molar-refractivity contribution in [3.05, 3.63) is 29.8 Å². The van der Waals surface area contributed by atoms with E-state index in [4.69, 9.17) is 17.0 Å². The molecule has 120 valence electrons.